The van der Waals surface area contributed by atoms with Crippen LogP contribution >= 0.6 is 0 Å². The van der Waals surface area contributed by atoms with Crippen LogP contribution in [0, 0.1) is 5.82 Å². The number of hydrogen-bond donors (Lipinski definition) is 0. The van der Waals surface area contributed by atoms with Gasteiger partial charge in [0.2, 0.25) is 11.8 Å². The molecule has 1 aliphatic heterocycles. The third kappa shape index (κ3) is 7.34. The van der Waals surface area contributed by atoms with Crippen LogP contribution in [-0.2, 0) is 18.0 Å². The zero-order valence-electron chi connectivity index (χ0n) is 26.2. The van der Waals surface area contributed by atoms with Crippen molar-refractivity contribution >= 4 is 22.6 Å². The summed E-state index contributed by atoms with van der Waals surface area (Å²) in [6.45, 7) is 6.98. The number of aromatic nitrogens is 2. The summed E-state index contributed by atoms with van der Waals surface area (Å²) in [6, 6.07) is 28.7. The average Bonchev–Trinajstić information content (AvgIpc) is 3.07. The predicted octanol–water partition coefficient (Wildman–Crippen LogP) is 8.62. The number of benzene rings is 3. The Morgan fingerprint density at radius 1 is 0.870 bits per heavy atom. The Kier molecular flexibility index (Phi) is 8.97. The van der Waals surface area contributed by atoms with E-state index < -0.39 is 5.60 Å². The molecule has 0 atom stereocenters. The highest BCUT2D eigenvalue weighted by molar-refractivity contribution is 5.88. The highest BCUT2D eigenvalue weighted by Gasteiger charge is 2.25. The number of halogens is 1. The number of amides is 1. The molecule has 1 aliphatic rings. The maximum absolute atomic E-state index is 16.2. The van der Waals surface area contributed by atoms with Gasteiger partial charge in [0.15, 0.2) is 0 Å². The first-order valence-electron chi connectivity index (χ1n) is 15.3. The number of rotatable bonds is 8. The van der Waals surface area contributed by atoms with Gasteiger partial charge < -0.3 is 19.1 Å². The van der Waals surface area contributed by atoms with Gasteiger partial charge in [0.25, 0.3) is 0 Å². The van der Waals surface area contributed by atoms with E-state index in [1.165, 1.54) is 0 Å². The van der Waals surface area contributed by atoms with Gasteiger partial charge in [-0.3, -0.25) is 4.98 Å². The van der Waals surface area contributed by atoms with Crippen LogP contribution in [0.15, 0.2) is 103 Å². The minimum absolute atomic E-state index is 0.303. The first-order valence-corrected chi connectivity index (χ1v) is 15.3. The van der Waals surface area contributed by atoms with Crippen molar-refractivity contribution < 1.29 is 23.4 Å². The monoisotopic (exact) mass is 617 g/mol. The van der Waals surface area contributed by atoms with Crippen molar-refractivity contribution in [3.05, 3.63) is 126 Å². The first-order chi connectivity index (χ1) is 22.2. The molecule has 46 heavy (non-hydrogen) atoms. The molecular weight excluding hydrogens is 581 g/mol. The smallest absolute Gasteiger partial charge is 0.410 e. The van der Waals surface area contributed by atoms with Gasteiger partial charge in [-0.2, -0.15) is 4.98 Å². The number of nitrogens with zero attached hydrogens (tertiary/aromatic N) is 3. The summed E-state index contributed by atoms with van der Waals surface area (Å²) in [4.78, 5) is 23.4. The molecule has 0 bridgehead atoms. The third-order valence-electron chi connectivity index (χ3n) is 7.60. The van der Waals surface area contributed by atoms with Crippen LogP contribution in [0.2, 0.25) is 0 Å². The molecule has 8 heteroatoms. The van der Waals surface area contributed by atoms with Crippen molar-refractivity contribution in [3.63, 3.8) is 0 Å². The lowest BCUT2D eigenvalue weighted by atomic mass is 9.96. The molecule has 0 N–H and O–H groups in total. The van der Waals surface area contributed by atoms with Crippen molar-refractivity contribution in [2.75, 3.05) is 13.1 Å². The lowest BCUT2D eigenvalue weighted by molar-refractivity contribution is 0.0270. The molecule has 0 saturated carbocycles. The number of hydrogen-bond acceptors (Lipinski definition) is 6. The van der Waals surface area contributed by atoms with Gasteiger partial charge in [0, 0.05) is 47.4 Å². The Bertz CT molecular complexity index is 1870. The van der Waals surface area contributed by atoms with E-state index in [-0.39, 0.29) is 11.9 Å². The summed E-state index contributed by atoms with van der Waals surface area (Å²) < 4.78 is 33.9. The second-order valence-corrected chi connectivity index (χ2v) is 12.2. The van der Waals surface area contributed by atoms with E-state index in [0.29, 0.717) is 72.1 Å². The molecule has 3 aromatic carbocycles. The van der Waals surface area contributed by atoms with Gasteiger partial charge in [0.05, 0.1) is 5.52 Å². The normalized spacial score (nSPS) is 13.3. The van der Waals surface area contributed by atoms with Gasteiger partial charge in [-0.15, -0.1) is 0 Å². The first kappa shape index (κ1) is 30.8. The van der Waals surface area contributed by atoms with Gasteiger partial charge in [-0.05, 0) is 68.2 Å². The zero-order chi connectivity index (χ0) is 32.1. The minimum atomic E-state index is -0.576. The van der Waals surface area contributed by atoms with Gasteiger partial charge in [0.1, 0.15) is 24.6 Å². The summed E-state index contributed by atoms with van der Waals surface area (Å²) in [7, 11) is 0. The molecule has 5 aromatic rings. The Hall–Kier alpha value is -5.24. The number of carbonyl (C=O) groups excluding carboxylic acids is 1. The lowest BCUT2D eigenvalue weighted by Crippen LogP contribution is -2.39. The summed E-state index contributed by atoms with van der Waals surface area (Å²) in [6.07, 6.45) is 3.74. The molecule has 0 fully saturated rings. The molecular formula is C38H36FN3O4. The van der Waals surface area contributed by atoms with Gasteiger partial charge >= 0.3 is 6.09 Å². The zero-order valence-corrected chi connectivity index (χ0v) is 26.2. The quantitative estimate of drug-likeness (QED) is 0.174. The maximum Gasteiger partial charge on any atom is 0.410 e. The van der Waals surface area contributed by atoms with E-state index in [2.05, 4.69) is 4.98 Å². The molecule has 2 aromatic heterocycles. The van der Waals surface area contributed by atoms with Crippen molar-refractivity contribution in [3.8, 4) is 22.9 Å². The van der Waals surface area contributed by atoms with E-state index in [1.807, 2.05) is 99.6 Å². The van der Waals surface area contributed by atoms with Crippen LogP contribution in [0.25, 0.3) is 27.6 Å². The lowest BCUT2D eigenvalue weighted by Gasteiger charge is -2.29. The van der Waals surface area contributed by atoms with E-state index in [9.17, 15) is 4.79 Å². The van der Waals surface area contributed by atoms with Crippen molar-refractivity contribution in [1.82, 2.24) is 14.9 Å². The molecule has 6 rings (SSSR count). The van der Waals surface area contributed by atoms with Crippen LogP contribution in [-0.4, -0.2) is 39.7 Å². The third-order valence-corrected chi connectivity index (χ3v) is 7.60. The molecule has 3 heterocycles. The number of pyridine rings is 2. The average molecular weight is 618 g/mol. The van der Waals surface area contributed by atoms with Crippen LogP contribution < -0.4 is 9.47 Å². The maximum atomic E-state index is 16.2. The van der Waals surface area contributed by atoms with Crippen LogP contribution in [0.1, 0.15) is 43.9 Å². The van der Waals surface area contributed by atoms with E-state index in [0.717, 1.165) is 16.7 Å². The Morgan fingerprint density at radius 3 is 2.20 bits per heavy atom. The van der Waals surface area contributed by atoms with E-state index in [1.54, 1.807) is 29.3 Å². The molecule has 0 radical (unpaired) electrons. The Labute approximate surface area is 268 Å². The molecule has 234 valence electrons. The Balaban J connectivity index is 1.29. The number of fused-ring (bicyclic) bond motifs is 1. The minimum Gasteiger partial charge on any atom is -0.473 e. The largest absolute Gasteiger partial charge is 0.473 e. The van der Waals surface area contributed by atoms with E-state index in [4.69, 9.17) is 19.2 Å². The molecule has 0 unspecified atom stereocenters. The predicted molar refractivity (Wildman–Crippen MR) is 177 cm³/mol. The summed E-state index contributed by atoms with van der Waals surface area (Å²) in [5.74, 6) is 0.429. The van der Waals surface area contributed by atoms with Crippen molar-refractivity contribution in [2.45, 2.75) is 46.0 Å². The van der Waals surface area contributed by atoms with Crippen LogP contribution in [0.5, 0.6) is 11.8 Å². The molecule has 0 saturated heterocycles. The number of carbonyl (C=O) groups is 1. The fourth-order valence-corrected chi connectivity index (χ4v) is 5.26. The standard InChI is InChI=1S/C38H36FN3O4/c1-38(2,3)46-37(43)42-20-18-28(19-21-42)30-14-16-33-32(35(30)39)22-29(23-40-33)31-15-17-34(44-24-26-10-6-4-7-11-26)41-36(31)45-25-27-12-8-5-9-13-27/h4-18,22-23H,19-21,24-25H2,1-3H3. The van der Waals surface area contributed by atoms with E-state index >= 15 is 4.39 Å². The van der Waals surface area contributed by atoms with Crippen LogP contribution in [0.3, 0.4) is 0 Å². The molecule has 1 amide bonds. The topological polar surface area (TPSA) is 73.8 Å². The second kappa shape index (κ2) is 13.4. The summed E-state index contributed by atoms with van der Waals surface area (Å²) in [5.41, 5.74) is 4.67. The molecule has 0 aliphatic carbocycles. The van der Waals surface area contributed by atoms with Gasteiger partial charge in [-0.25, -0.2) is 9.18 Å². The SMILES string of the molecule is CC(C)(C)OC(=O)N1CC=C(c2ccc3ncc(-c4ccc(OCc5ccccc5)nc4OCc4ccccc4)cc3c2F)CC1. The van der Waals surface area contributed by atoms with Crippen molar-refractivity contribution in [1.29, 1.82) is 0 Å². The second-order valence-electron chi connectivity index (χ2n) is 12.2. The van der Waals surface area contributed by atoms with Crippen molar-refractivity contribution in [2.24, 2.45) is 0 Å². The number of ether oxygens (including phenoxy) is 3. The fraction of sp³-hybridized carbons (Fsp3) is 0.237. The van der Waals surface area contributed by atoms with Crippen LogP contribution in [0.4, 0.5) is 9.18 Å². The summed E-state index contributed by atoms with van der Waals surface area (Å²) >= 11 is 0. The fourth-order valence-electron chi connectivity index (χ4n) is 5.26. The molecule has 7 nitrogen and oxygen atoms in total. The Morgan fingerprint density at radius 2 is 1.54 bits per heavy atom. The highest BCUT2D eigenvalue weighted by Crippen LogP contribution is 2.35. The van der Waals surface area contributed by atoms with Gasteiger partial charge in [-0.1, -0.05) is 66.7 Å². The summed E-state index contributed by atoms with van der Waals surface area (Å²) in [5, 5.41) is 0.392. The molecule has 0 spiro atoms. The highest BCUT2D eigenvalue weighted by atomic mass is 19.1.